The average molecular weight is 362 g/mol. The van der Waals surface area contributed by atoms with E-state index in [1.807, 2.05) is 0 Å². The maximum Gasteiger partial charge on any atom is 0.414 e. The molecule has 1 saturated heterocycles. The van der Waals surface area contributed by atoms with Gasteiger partial charge in [0.25, 0.3) is 0 Å². The number of piperazine rings is 1. The Morgan fingerprint density at radius 2 is 1.50 bits per heavy atom. The third kappa shape index (κ3) is 7.02. The molecule has 134 valence electrons. The van der Waals surface area contributed by atoms with Crippen molar-refractivity contribution in [1.29, 1.82) is 0 Å². The molecule has 1 aromatic rings. The largest absolute Gasteiger partial charge is 0.473 e. The minimum atomic E-state index is -3.07. The summed E-state index contributed by atoms with van der Waals surface area (Å²) in [5.74, 6) is -3.88. The van der Waals surface area contributed by atoms with Crippen molar-refractivity contribution >= 4 is 22.0 Å². The van der Waals surface area contributed by atoms with Crippen LogP contribution in [-0.4, -0.2) is 72.2 Å². The lowest BCUT2D eigenvalue weighted by Crippen LogP contribution is -2.47. The predicted octanol–water partition coefficient (Wildman–Crippen LogP) is 0.0585. The second-order valence-corrected chi connectivity index (χ2v) is 7.16. The molecule has 0 radical (unpaired) electrons. The zero-order valence-electron chi connectivity index (χ0n) is 13.1. The summed E-state index contributed by atoms with van der Waals surface area (Å²) in [6.07, 6.45) is 1.24. The van der Waals surface area contributed by atoms with E-state index >= 15 is 0 Å². The van der Waals surface area contributed by atoms with E-state index in [4.69, 9.17) is 19.8 Å². The summed E-state index contributed by atoms with van der Waals surface area (Å²) in [7, 11) is -3.07. The molecule has 0 spiro atoms. The van der Waals surface area contributed by atoms with Gasteiger partial charge in [0.05, 0.1) is 6.26 Å². The summed E-state index contributed by atoms with van der Waals surface area (Å²) < 4.78 is 37.0. The van der Waals surface area contributed by atoms with E-state index in [-0.39, 0.29) is 5.82 Å². The van der Waals surface area contributed by atoms with E-state index in [2.05, 4.69) is 4.90 Å². The third-order valence-electron chi connectivity index (χ3n) is 3.30. The first-order chi connectivity index (χ1) is 11.1. The number of carboxylic acid groups (broad SMARTS) is 2. The number of rotatable bonds is 3. The SMILES string of the molecule is CS(=O)(=O)N1CCN(Cc2ccc(F)cc2)CC1.O=C(O)C(=O)O. The van der Waals surface area contributed by atoms with Crippen molar-refractivity contribution in [2.24, 2.45) is 0 Å². The minimum Gasteiger partial charge on any atom is -0.473 e. The maximum absolute atomic E-state index is 12.8. The molecule has 1 heterocycles. The summed E-state index contributed by atoms with van der Waals surface area (Å²) in [6.45, 7) is 3.22. The molecule has 10 heteroatoms. The van der Waals surface area contributed by atoms with Crippen molar-refractivity contribution in [3.63, 3.8) is 0 Å². The Morgan fingerprint density at radius 3 is 1.88 bits per heavy atom. The third-order valence-corrected chi connectivity index (χ3v) is 4.61. The molecule has 1 aliphatic heterocycles. The fourth-order valence-electron chi connectivity index (χ4n) is 2.07. The van der Waals surface area contributed by atoms with Crippen molar-refractivity contribution in [2.45, 2.75) is 6.54 Å². The summed E-state index contributed by atoms with van der Waals surface area (Å²) in [5.41, 5.74) is 1.05. The second-order valence-electron chi connectivity index (χ2n) is 5.17. The summed E-state index contributed by atoms with van der Waals surface area (Å²) >= 11 is 0. The first kappa shape index (κ1) is 20.0. The van der Waals surface area contributed by atoms with Crippen LogP contribution in [0, 0.1) is 5.82 Å². The quantitative estimate of drug-likeness (QED) is 0.731. The molecule has 1 fully saturated rings. The van der Waals surface area contributed by atoms with Gasteiger partial charge in [0.15, 0.2) is 0 Å². The van der Waals surface area contributed by atoms with Gasteiger partial charge in [0.1, 0.15) is 5.82 Å². The van der Waals surface area contributed by atoms with Gasteiger partial charge in [-0.2, -0.15) is 4.31 Å². The van der Waals surface area contributed by atoms with Crippen LogP contribution in [-0.2, 0) is 26.2 Å². The molecule has 2 rings (SSSR count). The lowest BCUT2D eigenvalue weighted by Gasteiger charge is -2.33. The van der Waals surface area contributed by atoms with Crippen LogP contribution >= 0.6 is 0 Å². The van der Waals surface area contributed by atoms with Crippen molar-refractivity contribution in [3.05, 3.63) is 35.6 Å². The number of aliphatic carboxylic acids is 2. The Morgan fingerprint density at radius 1 is 1.04 bits per heavy atom. The molecule has 0 bridgehead atoms. The highest BCUT2D eigenvalue weighted by Gasteiger charge is 2.23. The van der Waals surface area contributed by atoms with Crippen molar-refractivity contribution in [1.82, 2.24) is 9.21 Å². The highest BCUT2D eigenvalue weighted by atomic mass is 32.2. The van der Waals surface area contributed by atoms with Gasteiger partial charge in [-0.25, -0.2) is 22.4 Å². The van der Waals surface area contributed by atoms with Crippen LogP contribution in [0.25, 0.3) is 0 Å². The smallest absolute Gasteiger partial charge is 0.414 e. The Kier molecular flexibility index (Phi) is 7.26. The topological polar surface area (TPSA) is 115 Å². The first-order valence-corrected chi connectivity index (χ1v) is 8.82. The van der Waals surface area contributed by atoms with E-state index < -0.39 is 22.0 Å². The molecule has 8 nitrogen and oxygen atoms in total. The average Bonchev–Trinajstić information content (AvgIpc) is 2.50. The van der Waals surface area contributed by atoms with Crippen LogP contribution in [0.3, 0.4) is 0 Å². The van der Waals surface area contributed by atoms with Crippen molar-refractivity contribution in [3.8, 4) is 0 Å². The normalized spacial score (nSPS) is 16.1. The van der Waals surface area contributed by atoms with Gasteiger partial charge in [0, 0.05) is 32.7 Å². The molecule has 2 N–H and O–H groups in total. The molecule has 0 aliphatic carbocycles. The Labute approximate surface area is 139 Å². The second kappa shape index (κ2) is 8.71. The molecule has 0 atom stereocenters. The fraction of sp³-hybridized carbons (Fsp3) is 0.429. The van der Waals surface area contributed by atoms with E-state index in [1.54, 1.807) is 12.1 Å². The van der Waals surface area contributed by atoms with Crippen LogP contribution in [0.4, 0.5) is 4.39 Å². The molecule has 0 saturated carbocycles. The fourth-order valence-corrected chi connectivity index (χ4v) is 2.89. The minimum absolute atomic E-state index is 0.236. The predicted molar refractivity (Wildman–Crippen MR) is 83.4 cm³/mol. The van der Waals surface area contributed by atoms with Gasteiger partial charge in [-0.05, 0) is 17.7 Å². The van der Waals surface area contributed by atoms with Crippen LogP contribution in [0.1, 0.15) is 5.56 Å². The number of sulfonamides is 1. The van der Waals surface area contributed by atoms with Crippen LogP contribution in [0.15, 0.2) is 24.3 Å². The van der Waals surface area contributed by atoms with Gasteiger partial charge in [-0.1, -0.05) is 12.1 Å². The maximum atomic E-state index is 12.8. The van der Waals surface area contributed by atoms with Crippen LogP contribution < -0.4 is 0 Å². The highest BCUT2D eigenvalue weighted by molar-refractivity contribution is 7.88. The first-order valence-electron chi connectivity index (χ1n) is 6.97. The molecular formula is C14H19FN2O6S. The van der Waals surface area contributed by atoms with Gasteiger partial charge in [-0.15, -0.1) is 0 Å². The Hall–Kier alpha value is -2.04. The zero-order chi connectivity index (χ0) is 18.3. The molecule has 1 aromatic carbocycles. The molecule has 0 amide bonds. The van der Waals surface area contributed by atoms with Gasteiger partial charge in [0.2, 0.25) is 10.0 Å². The Bertz CT molecular complexity index is 657. The highest BCUT2D eigenvalue weighted by Crippen LogP contribution is 2.11. The van der Waals surface area contributed by atoms with E-state index in [0.29, 0.717) is 26.2 Å². The van der Waals surface area contributed by atoms with E-state index in [0.717, 1.165) is 12.1 Å². The molecule has 24 heavy (non-hydrogen) atoms. The van der Waals surface area contributed by atoms with Crippen molar-refractivity contribution < 1.29 is 32.6 Å². The number of carbonyl (C=O) groups is 2. The Balaban J connectivity index is 0.000000413. The summed E-state index contributed by atoms with van der Waals surface area (Å²) in [6, 6.07) is 6.42. The number of halogens is 1. The molecular weight excluding hydrogens is 343 g/mol. The number of carboxylic acids is 2. The van der Waals surface area contributed by atoms with Gasteiger partial charge < -0.3 is 10.2 Å². The van der Waals surface area contributed by atoms with E-state index in [9.17, 15) is 12.8 Å². The van der Waals surface area contributed by atoms with Crippen LogP contribution in [0.2, 0.25) is 0 Å². The molecule has 0 aromatic heterocycles. The lowest BCUT2D eigenvalue weighted by atomic mass is 10.2. The number of hydrogen-bond acceptors (Lipinski definition) is 5. The number of hydrogen-bond donors (Lipinski definition) is 2. The lowest BCUT2D eigenvalue weighted by molar-refractivity contribution is -0.159. The van der Waals surface area contributed by atoms with Gasteiger partial charge in [-0.3, -0.25) is 4.90 Å². The van der Waals surface area contributed by atoms with Crippen LogP contribution in [0.5, 0.6) is 0 Å². The summed E-state index contributed by atoms with van der Waals surface area (Å²) in [4.78, 5) is 20.4. The van der Waals surface area contributed by atoms with Crippen molar-refractivity contribution in [2.75, 3.05) is 32.4 Å². The number of nitrogens with zero attached hydrogens (tertiary/aromatic N) is 2. The molecule has 1 aliphatic rings. The molecule has 0 unspecified atom stereocenters. The van der Waals surface area contributed by atoms with E-state index in [1.165, 1.54) is 22.7 Å². The van der Waals surface area contributed by atoms with Gasteiger partial charge >= 0.3 is 11.9 Å². The number of benzene rings is 1. The summed E-state index contributed by atoms with van der Waals surface area (Å²) in [5, 5.41) is 14.8. The monoisotopic (exact) mass is 362 g/mol. The standard InChI is InChI=1S/C12H17FN2O2S.C2H2O4/c1-18(16,17)15-8-6-14(7-9-15)10-11-2-4-12(13)5-3-11;3-1(4)2(5)6/h2-5H,6-10H2,1H3;(H,3,4)(H,5,6). The zero-order valence-corrected chi connectivity index (χ0v) is 13.9.